The maximum atomic E-state index is 14.2. The predicted molar refractivity (Wildman–Crippen MR) is 114 cm³/mol. The van der Waals surface area contributed by atoms with Crippen molar-refractivity contribution >= 4 is 33.9 Å². The second-order valence-corrected chi connectivity index (χ2v) is 8.50. The molecule has 3 heterocycles. The van der Waals surface area contributed by atoms with Crippen molar-refractivity contribution in [1.82, 2.24) is 30.0 Å². The van der Waals surface area contributed by atoms with Crippen molar-refractivity contribution < 1.29 is 4.39 Å². The molecule has 0 saturated carbocycles. The monoisotopic (exact) mass is 435 g/mol. The Morgan fingerprint density at radius 2 is 1.73 bits per heavy atom. The summed E-state index contributed by atoms with van der Waals surface area (Å²) in [6.07, 6.45) is 0. The van der Waals surface area contributed by atoms with Gasteiger partial charge in [-0.15, -0.1) is 20.4 Å². The quantitative estimate of drug-likeness (QED) is 0.419. The van der Waals surface area contributed by atoms with Gasteiger partial charge in [-0.05, 0) is 41.6 Å². The van der Waals surface area contributed by atoms with Gasteiger partial charge in [0.15, 0.2) is 15.8 Å². The number of hydrogen-bond acceptors (Lipinski definition) is 8. The summed E-state index contributed by atoms with van der Waals surface area (Å²) >= 11 is 2.83. The number of hydrogen-bond donors (Lipinski definition) is 1. The fourth-order valence-corrected chi connectivity index (χ4v) is 4.47. The Kier molecular flexibility index (Phi) is 5.08. The largest absolute Gasteiger partial charge is 0.356 e. The Bertz CT molecular complexity index is 1300. The van der Waals surface area contributed by atoms with Crippen LogP contribution in [0.2, 0.25) is 0 Å². The lowest BCUT2D eigenvalue weighted by atomic mass is 10.2. The normalized spacial score (nSPS) is 11.1. The van der Waals surface area contributed by atoms with Gasteiger partial charge in [-0.3, -0.25) is 0 Å². The summed E-state index contributed by atoms with van der Waals surface area (Å²) < 4.78 is 16.5. The molecule has 0 spiro atoms. The molecular formula is C20H14FN7S2. The molecule has 7 nitrogen and oxygen atoms in total. The minimum absolute atomic E-state index is 0.350. The highest BCUT2D eigenvalue weighted by atomic mass is 32.2. The molecule has 0 amide bonds. The number of halogens is 1. The van der Waals surface area contributed by atoms with E-state index in [0.29, 0.717) is 28.6 Å². The van der Waals surface area contributed by atoms with E-state index >= 15 is 0 Å². The number of rotatable bonds is 6. The topological polar surface area (TPSA) is 80.9 Å². The smallest absolute Gasteiger partial charge is 0.206 e. The van der Waals surface area contributed by atoms with Crippen LogP contribution in [0.5, 0.6) is 0 Å². The van der Waals surface area contributed by atoms with Crippen LogP contribution in [-0.4, -0.2) is 30.0 Å². The average molecular weight is 436 g/mol. The molecule has 0 unspecified atom stereocenters. The predicted octanol–water partition coefficient (Wildman–Crippen LogP) is 4.55. The highest BCUT2D eigenvalue weighted by Gasteiger charge is 2.15. The van der Waals surface area contributed by atoms with Crippen LogP contribution < -0.4 is 5.32 Å². The molecular weight excluding hydrogens is 421 g/mol. The van der Waals surface area contributed by atoms with E-state index in [9.17, 15) is 4.39 Å². The maximum absolute atomic E-state index is 14.2. The van der Waals surface area contributed by atoms with Crippen LogP contribution >= 0.6 is 23.1 Å². The van der Waals surface area contributed by atoms with E-state index in [1.807, 2.05) is 24.3 Å². The van der Waals surface area contributed by atoms with Crippen molar-refractivity contribution in [3.8, 4) is 11.4 Å². The fourth-order valence-electron chi connectivity index (χ4n) is 2.82. The molecule has 5 aromatic rings. The minimum Gasteiger partial charge on any atom is -0.356 e. The van der Waals surface area contributed by atoms with E-state index < -0.39 is 0 Å². The van der Waals surface area contributed by atoms with Crippen molar-refractivity contribution in [3.05, 3.63) is 78.1 Å². The molecule has 5 rings (SSSR count). The molecule has 0 aliphatic carbocycles. The first-order valence-electron chi connectivity index (χ1n) is 9.03. The first-order valence-corrected chi connectivity index (χ1v) is 10.7. The van der Waals surface area contributed by atoms with Gasteiger partial charge >= 0.3 is 0 Å². The van der Waals surface area contributed by atoms with E-state index in [0.717, 1.165) is 9.47 Å². The molecule has 0 bridgehead atoms. The van der Waals surface area contributed by atoms with Crippen molar-refractivity contribution in [1.29, 1.82) is 0 Å². The summed E-state index contributed by atoms with van der Waals surface area (Å²) in [5.74, 6) is -0.0158. The number of fused-ring (bicyclic) bond motifs is 1. The Labute approximate surface area is 179 Å². The highest BCUT2D eigenvalue weighted by molar-refractivity contribution is 8.01. The van der Waals surface area contributed by atoms with E-state index in [-0.39, 0.29) is 5.82 Å². The lowest BCUT2D eigenvalue weighted by molar-refractivity contribution is 0.629. The first kappa shape index (κ1) is 18.6. The second-order valence-electron chi connectivity index (χ2n) is 6.26. The van der Waals surface area contributed by atoms with Gasteiger partial charge < -0.3 is 5.32 Å². The molecule has 3 aromatic heterocycles. The summed E-state index contributed by atoms with van der Waals surface area (Å²) in [5, 5.41) is 25.8. The van der Waals surface area contributed by atoms with E-state index in [4.69, 9.17) is 0 Å². The zero-order valence-corrected chi connectivity index (χ0v) is 17.1. The van der Waals surface area contributed by atoms with Gasteiger partial charge in [-0.25, -0.2) is 4.39 Å². The Balaban J connectivity index is 1.35. The van der Waals surface area contributed by atoms with Crippen LogP contribution in [0.4, 0.5) is 9.52 Å². The number of nitrogens with one attached hydrogen (secondary N) is 1. The van der Waals surface area contributed by atoms with Crippen LogP contribution in [0.15, 0.2) is 76.1 Å². The van der Waals surface area contributed by atoms with Crippen molar-refractivity contribution in [2.45, 2.75) is 15.9 Å². The maximum Gasteiger partial charge on any atom is 0.206 e. The zero-order valence-electron chi connectivity index (χ0n) is 15.4. The summed E-state index contributed by atoms with van der Waals surface area (Å²) in [6.45, 7) is 0.678. The molecule has 10 heteroatoms. The molecule has 0 aliphatic rings. The van der Waals surface area contributed by atoms with Crippen molar-refractivity contribution in [2.75, 3.05) is 5.32 Å². The first-order chi connectivity index (χ1) is 14.8. The minimum atomic E-state index is -0.370. The SMILES string of the molecule is Fc1ccccc1-c1nnc2ccc(Sc3nnc(NCc4ccccc4)s3)nn12. The van der Waals surface area contributed by atoms with E-state index in [1.165, 1.54) is 39.2 Å². The van der Waals surface area contributed by atoms with Gasteiger partial charge in [0.1, 0.15) is 10.8 Å². The third-order valence-corrected chi connectivity index (χ3v) is 6.10. The van der Waals surface area contributed by atoms with Gasteiger partial charge in [0.05, 0.1) is 5.56 Å². The molecule has 0 radical (unpaired) electrons. The zero-order chi connectivity index (χ0) is 20.3. The lowest BCUT2D eigenvalue weighted by Crippen LogP contribution is -1.98. The third-order valence-electron chi connectivity index (χ3n) is 4.24. The van der Waals surface area contributed by atoms with E-state index in [2.05, 4.69) is 42.9 Å². The summed E-state index contributed by atoms with van der Waals surface area (Å²) in [7, 11) is 0. The van der Waals surface area contributed by atoms with Crippen LogP contribution in [0.25, 0.3) is 17.0 Å². The van der Waals surface area contributed by atoms with Gasteiger partial charge in [0.2, 0.25) is 5.13 Å². The Morgan fingerprint density at radius 3 is 2.60 bits per heavy atom. The van der Waals surface area contributed by atoms with Crippen LogP contribution in [0.1, 0.15) is 5.56 Å². The molecule has 30 heavy (non-hydrogen) atoms. The molecule has 0 fully saturated rings. The molecule has 0 aliphatic heterocycles. The van der Waals surface area contributed by atoms with Gasteiger partial charge in [0.25, 0.3) is 0 Å². The third kappa shape index (κ3) is 3.87. The molecule has 0 saturated heterocycles. The average Bonchev–Trinajstić information content (AvgIpc) is 3.40. The fraction of sp³-hybridized carbons (Fsp3) is 0.0500. The second kappa shape index (κ2) is 8.17. The molecule has 148 valence electrons. The number of aromatic nitrogens is 6. The van der Waals surface area contributed by atoms with Gasteiger partial charge in [0, 0.05) is 6.54 Å². The number of benzene rings is 2. The Hall–Kier alpha value is -3.37. The molecule has 0 atom stereocenters. The molecule has 1 N–H and O–H groups in total. The Morgan fingerprint density at radius 1 is 0.900 bits per heavy atom. The summed E-state index contributed by atoms with van der Waals surface area (Å²) in [4.78, 5) is 0. The van der Waals surface area contributed by atoms with Crippen LogP contribution in [0, 0.1) is 5.82 Å². The van der Waals surface area contributed by atoms with Crippen LogP contribution in [0.3, 0.4) is 0 Å². The van der Waals surface area contributed by atoms with Crippen LogP contribution in [-0.2, 0) is 6.54 Å². The van der Waals surface area contributed by atoms with E-state index in [1.54, 1.807) is 24.3 Å². The van der Waals surface area contributed by atoms with Gasteiger partial charge in [-0.1, -0.05) is 53.8 Å². The number of nitrogens with zero attached hydrogens (tertiary/aromatic N) is 6. The van der Waals surface area contributed by atoms with Crippen molar-refractivity contribution in [2.24, 2.45) is 0 Å². The number of anilines is 1. The van der Waals surface area contributed by atoms with Gasteiger partial charge in [-0.2, -0.15) is 9.61 Å². The highest BCUT2D eigenvalue weighted by Crippen LogP contribution is 2.31. The van der Waals surface area contributed by atoms with Crippen molar-refractivity contribution in [3.63, 3.8) is 0 Å². The summed E-state index contributed by atoms with van der Waals surface area (Å²) in [6, 6.07) is 20.1. The molecule has 2 aromatic carbocycles. The lowest BCUT2D eigenvalue weighted by Gasteiger charge is -2.02. The summed E-state index contributed by atoms with van der Waals surface area (Å²) in [5.41, 5.74) is 2.06. The standard InChI is InChI=1S/C20H14FN7S2/c21-15-9-5-4-8-14(15)18-24-23-16-10-11-17(27-28(16)18)29-20-26-25-19(30-20)22-12-13-6-2-1-3-7-13/h1-11H,12H2,(H,22,25).